The van der Waals surface area contributed by atoms with Crippen LogP contribution in [0.2, 0.25) is 0 Å². The van der Waals surface area contributed by atoms with Gasteiger partial charge in [0, 0.05) is 31.7 Å². The summed E-state index contributed by atoms with van der Waals surface area (Å²) in [6.45, 7) is 5.25. The first-order valence-electron chi connectivity index (χ1n) is 9.63. The molecule has 3 unspecified atom stereocenters. The lowest BCUT2D eigenvalue weighted by Crippen LogP contribution is -2.50. The van der Waals surface area contributed by atoms with Crippen LogP contribution >= 0.6 is 0 Å². The molecule has 5 nitrogen and oxygen atoms in total. The molecule has 0 radical (unpaired) electrons. The van der Waals surface area contributed by atoms with Crippen LogP contribution in [-0.2, 0) is 11.3 Å². The summed E-state index contributed by atoms with van der Waals surface area (Å²) < 4.78 is 11.5. The molecule has 3 atom stereocenters. The predicted molar refractivity (Wildman–Crippen MR) is 101 cm³/mol. The molecule has 0 amide bonds. The van der Waals surface area contributed by atoms with Gasteiger partial charge in [0.25, 0.3) is 0 Å². The van der Waals surface area contributed by atoms with Crippen LogP contribution in [0.15, 0.2) is 24.3 Å². The summed E-state index contributed by atoms with van der Waals surface area (Å²) in [6, 6.07) is 9.56. The zero-order valence-electron chi connectivity index (χ0n) is 15.7. The predicted octanol–water partition coefficient (Wildman–Crippen LogP) is 1.87. The Morgan fingerprint density at radius 3 is 3.04 bits per heavy atom. The number of likely N-dealkylation sites (N-methyl/N-ethyl adjacent to an activating group) is 1. The third-order valence-corrected chi connectivity index (χ3v) is 5.31. The first-order chi connectivity index (χ1) is 12.2. The first kappa shape index (κ1) is 18.6. The minimum absolute atomic E-state index is 0.509. The number of ether oxygens (including phenoxy) is 2. The molecule has 2 N–H and O–H groups in total. The fraction of sp³-hybridized carbons (Fsp3) is 0.700. The van der Waals surface area contributed by atoms with E-state index in [2.05, 4.69) is 47.8 Å². The van der Waals surface area contributed by atoms with E-state index >= 15 is 0 Å². The molecule has 1 aromatic rings. The number of hydrogen-bond acceptors (Lipinski definition) is 5. The van der Waals surface area contributed by atoms with Crippen LogP contribution in [0, 0.1) is 5.92 Å². The van der Waals surface area contributed by atoms with E-state index in [0.717, 1.165) is 45.2 Å². The van der Waals surface area contributed by atoms with E-state index in [9.17, 15) is 0 Å². The lowest BCUT2D eigenvalue weighted by Gasteiger charge is -2.33. The quantitative estimate of drug-likeness (QED) is 0.752. The fourth-order valence-electron chi connectivity index (χ4n) is 3.92. The molecule has 1 saturated carbocycles. The molecule has 1 saturated heterocycles. The number of nitrogens with one attached hydrogen (secondary N) is 2. The van der Waals surface area contributed by atoms with Gasteiger partial charge in [-0.1, -0.05) is 18.6 Å². The topological polar surface area (TPSA) is 45.8 Å². The van der Waals surface area contributed by atoms with Crippen LogP contribution in [-0.4, -0.2) is 64.0 Å². The number of rotatable bonds is 8. The number of nitrogens with zero attached hydrogens (tertiary/aromatic N) is 1. The summed E-state index contributed by atoms with van der Waals surface area (Å²) in [5.41, 5.74) is 1.29. The lowest BCUT2D eigenvalue weighted by atomic mass is 9.94. The highest BCUT2D eigenvalue weighted by atomic mass is 16.5. The van der Waals surface area contributed by atoms with Crippen molar-refractivity contribution in [1.82, 2.24) is 15.5 Å². The van der Waals surface area contributed by atoms with Crippen molar-refractivity contribution < 1.29 is 9.47 Å². The van der Waals surface area contributed by atoms with Crippen molar-refractivity contribution >= 4 is 0 Å². The van der Waals surface area contributed by atoms with E-state index in [1.807, 2.05) is 6.07 Å². The highest BCUT2D eigenvalue weighted by molar-refractivity contribution is 5.28. The smallest absolute Gasteiger partial charge is 0.119 e. The van der Waals surface area contributed by atoms with Crippen molar-refractivity contribution in [1.29, 1.82) is 0 Å². The van der Waals surface area contributed by atoms with E-state index in [0.29, 0.717) is 18.0 Å². The Labute approximate surface area is 152 Å². The van der Waals surface area contributed by atoms with Crippen molar-refractivity contribution in [3.05, 3.63) is 29.8 Å². The highest BCUT2D eigenvalue weighted by Gasteiger charge is 2.34. The maximum Gasteiger partial charge on any atom is 0.119 e. The van der Waals surface area contributed by atoms with E-state index in [1.54, 1.807) is 0 Å². The van der Waals surface area contributed by atoms with Crippen molar-refractivity contribution in [2.24, 2.45) is 5.92 Å². The number of morpholine rings is 1. The van der Waals surface area contributed by atoms with Gasteiger partial charge >= 0.3 is 0 Å². The summed E-state index contributed by atoms with van der Waals surface area (Å²) in [7, 11) is 4.13. The Bertz CT molecular complexity index is 517. The van der Waals surface area contributed by atoms with Gasteiger partial charge in [0.1, 0.15) is 12.4 Å². The zero-order valence-corrected chi connectivity index (χ0v) is 15.7. The maximum absolute atomic E-state index is 5.85. The van der Waals surface area contributed by atoms with Crippen LogP contribution in [0.1, 0.15) is 24.8 Å². The van der Waals surface area contributed by atoms with Crippen molar-refractivity contribution in [2.75, 3.05) is 47.0 Å². The monoisotopic (exact) mass is 347 g/mol. The van der Waals surface area contributed by atoms with E-state index in [-0.39, 0.29) is 0 Å². The van der Waals surface area contributed by atoms with Crippen LogP contribution in [0.5, 0.6) is 5.75 Å². The van der Waals surface area contributed by atoms with Gasteiger partial charge in [-0.15, -0.1) is 0 Å². The van der Waals surface area contributed by atoms with E-state index < -0.39 is 0 Å². The number of hydrogen-bond donors (Lipinski definition) is 2. The molecular formula is C20H33N3O2. The van der Waals surface area contributed by atoms with Gasteiger partial charge in [0.2, 0.25) is 0 Å². The van der Waals surface area contributed by atoms with Crippen molar-refractivity contribution in [3.8, 4) is 5.75 Å². The summed E-state index contributed by atoms with van der Waals surface area (Å²) in [6.07, 6.45) is 3.88. The molecular weight excluding hydrogens is 314 g/mol. The molecule has 1 aliphatic carbocycles. The Kier molecular flexibility index (Phi) is 7.11. The normalized spacial score (nSPS) is 26.9. The second-order valence-electron chi connectivity index (χ2n) is 7.52. The van der Waals surface area contributed by atoms with Gasteiger partial charge in [0.05, 0.1) is 13.2 Å². The van der Waals surface area contributed by atoms with Crippen LogP contribution in [0.25, 0.3) is 0 Å². The molecule has 1 heterocycles. The third kappa shape index (κ3) is 5.68. The van der Waals surface area contributed by atoms with E-state index in [4.69, 9.17) is 9.47 Å². The van der Waals surface area contributed by atoms with E-state index in [1.165, 1.54) is 24.8 Å². The third-order valence-electron chi connectivity index (χ3n) is 5.31. The standard InChI is InChI=1S/C20H33N3O2/c1-23(2)10-12-25-17-6-3-5-16(13-17)14-22-19-8-4-7-18(19)20-15-24-11-9-21-20/h3,5-6,13,18-22H,4,7-12,14-15H2,1-2H3. The minimum atomic E-state index is 0.509. The largest absolute Gasteiger partial charge is 0.492 e. The molecule has 0 aromatic heterocycles. The average Bonchev–Trinajstić information content (AvgIpc) is 3.09. The Balaban J connectivity index is 1.48. The average molecular weight is 348 g/mol. The second kappa shape index (κ2) is 9.53. The zero-order chi connectivity index (χ0) is 17.5. The maximum atomic E-state index is 5.85. The van der Waals surface area contributed by atoms with Gasteiger partial charge in [-0.25, -0.2) is 0 Å². The SMILES string of the molecule is CN(C)CCOc1cccc(CNC2CCCC2C2COCCN2)c1. The minimum Gasteiger partial charge on any atom is -0.492 e. The molecule has 1 aliphatic heterocycles. The molecule has 0 spiro atoms. The molecule has 5 heteroatoms. The molecule has 0 bridgehead atoms. The van der Waals surface area contributed by atoms with Gasteiger partial charge in [-0.2, -0.15) is 0 Å². The summed E-state index contributed by atoms with van der Waals surface area (Å²) in [5, 5.41) is 7.43. The summed E-state index contributed by atoms with van der Waals surface area (Å²) in [5.74, 6) is 1.64. The Hall–Kier alpha value is -1.14. The molecule has 25 heavy (non-hydrogen) atoms. The summed E-state index contributed by atoms with van der Waals surface area (Å²) >= 11 is 0. The van der Waals surface area contributed by atoms with Crippen LogP contribution < -0.4 is 15.4 Å². The van der Waals surface area contributed by atoms with Crippen LogP contribution in [0.4, 0.5) is 0 Å². The summed E-state index contributed by atoms with van der Waals surface area (Å²) in [4.78, 5) is 2.13. The highest BCUT2D eigenvalue weighted by Crippen LogP contribution is 2.29. The number of benzene rings is 1. The Morgan fingerprint density at radius 2 is 2.24 bits per heavy atom. The van der Waals surface area contributed by atoms with Crippen molar-refractivity contribution in [3.63, 3.8) is 0 Å². The Morgan fingerprint density at radius 1 is 1.32 bits per heavy atom. The molecule has 2 fully saturated rings. The second-order valence-corrected chi connectivity index (χ2v) is 7.52. The molecule has 1 aromatic carbocycles. The van der Waals surface area contributed by atoms with Crippen molar-refractivity contribution in [2.45, 2.75) is 37.9 Å². The molecule has 3 rings (SSSR count). The molecule has 2 aliphatic rings. The van der Waals surface area contributed by atoms with Gasteiger partial charge in [0.15, 0.2) is 0 Å². The molecule has 140 valence electrons. The van der Waals surface area contributed by atoms with Gasteiger partial charge in [-0.3, -0.25) is 0 Å². The van der Waals surface area contributed by atoms with Gasteiger partial charge < -0.3 is 25.0 Å². The first-order valence-corrected chi connectivity index (χ1v) is 9.63. The van der Waals surface area contributed by atoms with Crippen LogP contribution in [0.3, 0.4) is 0 Å². The fourth-order valence-corrected chi connectivity index (χ4v) is 3.92. The van der Waals surface area contributed by atoms with Gasteiger partial charge in [-0.05, 0) is 50.6 Å². The lowest BCUT2D eigenvalue weighted by molar-refractivity contribution is 0.0524.